The third-order valence-electron chi connectivity index (χ3n) is 5.78. The van der Waals surface area contributed by atoms with E-state index in [-0.39, 0.29) is 0 Å². The van der Waals surface area contributed by atoms with E-state index in [1.54, 1.807) is 7.11 Å². The van der Waals surface area contributed by atoms with Crippen LogP contribution in [0.25, 0.3) is 0 Å². The number of aliphatic carboxylic acids is 3. The van der Waals surface area contributed by atoms with Gasteiger partial charge in [-0.25, -0.2) is 14.8 Å². The minimum Gasteiger partial charge on any atom is -0.481 e. The van der Waals surface area contributed by atoms with Crippen LogP contribution in [0.2, 0.25) is 0 Å². The number of morpholine rings is 1. The van der Waals surface area contributed by atoms with E-state index in [4.69, 9.17) is 34.3 Å². The Bertz CT molecular complexity index is 1040. The van der Waals surface area contributed by atoms with Crippen molar-refractivity contribution in [2.24, 2.45) is 0 Å². The lowest BCUT2D eigenvalue weighted by molar-refractivity contribution is -0.170. The van der Waals surface area contributed by atoms with E-state index < -0.39 is 36.4 Å². The molecule has 3 heterocycles. The van der Waals surface area contributed by atoms with E-state index in [2.05, 4.69) is 25.8 Å². The molecule has 4 N–H and O–H groups in total. The molecule has 0 saturated carbocycles. The molecule has 0 bridgehead atoms. The molecule has 1 fully saturated rings. The summed E-state index contributed by atoms with van der Waals surface area (Å²) in [6.45, 7) is 9.38. The van der Waals surface area contributed by atoms with Gasteiger partial charge in [0.15, 0.2) is 5.60 Å². The summed E-state index contributed by atoms with van der Waals surface area (Å²) in [6.07, 6.45) is 2.47. The molecular formula is C25H36N4O10. The molecule has 1 aliphatic heterocycles. The van der Waals surface area contributed by atoms with Gasteiger partial charge in [0.05, 0.1) is 39.7 Å². The lowest BCUT2D eigenvalue weighted by Gasteiger charge is -2.28. The van der Waals surface area contributed by atoms with Gasteiger partial charge in [-0.05, 0) is 32.0 Å². The predicted molar refractivity (Wildman–Crippen MR) is 135 cm³/mol. The summed E-state index contributed by atoms with van der Waals surface area (Å²) >= 11 is 0. The highest BCUT2D eigenvalue weighted by molar-refractivity contribution is 5.88. The Morgan fingerprint density at radius 1 is 1.05 bits per heavy atom. The second kappa shape index (κ2) is 15.7. The highest BCUT2D eigenvalue weighted by Crippen LogP contribution is 2.16. The molecule has 0 atom stereocenters. The minimum atomic E-state index is -2.74. The Morgan fingerprint density at radius 3 is 2.15 bits per heavy atom. The van der Waals surface area contributed by atoms with Crippen molar-refractivity contribution in [2.45, 2.75) is 44.9 Å². The van der Waals surface area contributed by atoms with Crippen LogP contribution in [0.4, 0.5) is 0 Å². The largest absolute Gasteiger partial charge is 0.481 e. The van der Waals surface area contributed by atoms with E-state index >= 15 is 0 Å². The molecule has 3 rings (SSSR count). The lowest BCUT2D eigenvalue weighted by Crippen LogP contribution is -2.42. The first-order valence-electron chi connectivity index (χ1n) is 12.3. The number of rotatable bonds is 14. The number of carboxylic acid groups (broad SMARTS) is 3. The van der Waals surface area contributed by atoms with Crippen LogP contribution < -0.4 is 4.74 Å². The molecule has 14 heteroatoms. The second-order valence-corrected chi connectivity index (χ2v) is 9.09. The van der Waals surface area contributed by atoms with Crippen LogP contribution in [0, 0.1) is 6.92 Å². The maximum absolute atomic E-state index is 10.3. The molecule has 0 aromatic carbocycles. The molecule has 39 heavy (non-hydrogen) atoms. The minimum absolute atomic E-state index is 0.397. The maximum Gasteiger partial charge on any atom is 0.336 e. The zero-order valence-corrected chi connectivity index (χ0v) is 22.1. The summed E-state index contributed by atoms with van der Waals surface area (Å²) in [5.41, 5.74) is -1.67. The number of hydrogen-bond donors (Lipinski definition) is 4. The SMILES string of the molecule is COc1ncc(CN(CCCN2CCOCC2)Cc2ccc(C)o2)cn1.O=C(O)CC(O)(CC(=O)O)C(=O)O. The molecule has 0 unspecified atom stereocenters. The fourth-order valence-corrected chi connectivity index (χ4v) is 3.85. The van der Waals surface area contributed by atoms with E-state index in [0.717, 1.165) is 76.0 Å². The van der Waals surface area contributed by atoms with Crippen molar-refractivity contribution in [1.82, 2.24) is 19.8 Å². The molecule has 2 aromatic rings. The highest BCUT2D eigenvalue weighted by Gasteiger charge is 2.40. The van der Waals surface area contributed by atoms with Crippen molar-refractivity contribution >= 4 is 17.9 Å². The summed E-state index contributed by atoms with van der Waals surface area (Å²) in [6, 6.07) is 4.46. The van der Waals surface area contributed by atoms with Crippen LogP contribution >= 0.6 is 0 Å². The molecule has 0 radical (unpaired) electrons. The van der Waals surface area contributed by atoms with Gasteiger partial charge in [0.25, 0.3) is 0 Å². The van der Waals surface area contributed by atoms with Gasteiger partial charge in [0, 0.05) is 44.1 Å². The molecule has 0 amide bonds. The molecule has 1 saturated heterocycles. The molecule has 216 valence electrons. The number of aryl methyl sites for hydroxylation is 1. The first-order chi connectivity index (χ1) is 18.5. The van der Waals surface area contributed by atoms with Gasteiger partial charge >= 0.3 is 23.9 Å². The average Bonchev–Trinajstić information content (AvgIpc) is 3.28. The fourth-order valence-electron chi connectivity index (χ4n) is 3.85. The molecule has 1 aliphatic rings. The molecule has 14 nitrogen and oxygen atoms in total. The number of methoxy groups -OCH3 is 1. The average molecular weight is 553 g/mol. The summed E-state index contributed by atoms with van der Waals surface area (Å²) < 4.78 is 16.2. The number of carbonyl (C=O) groups is 3. The van der Waals surface area contributed by atoms with Crippen LogP contribution in [0.15, 0.2) is 28.9 Å². The monoisotopic (exact) mass is 552 g/mol. The Balaban J connectivity index is 0.000000349. The number of hydrogen-bond acceptors (Lipinski definition) is 11. The Labute approximate surface area is 225 Å². The first-order valence-corrected chi connectivity index (χ1v) is 12.3. The third-order valence-corrected chi connectivity index (χ3v) is 5.78. The normalized spacial score (nSPS) is 13.9. The topological polar surface area (TPSA) is 196 Å². The number of furan rings is 1. The highest BCUT2D eigenvalue weighted by atomic mass is 16.5. The quantitative estimate of drug-likeness (QED) is 0.257. The predicted octanol–water partition coefficient (Wildman–Crippen LogP) is 0.863. The number of nitrogens with zero attached hydrogens (tertiary/aromatic N) is 4. The van der Waals surface area contributed by atoms with Gasteiger partial charge in [-0.3, -0.25) is 19.4 Å². The summed E-state index contributed by atoms with van der Waals surface area (Å²) in [4.78, 5) is 43.8. The van der Waals surface area contributed by atoms with Crippen LogP contribution in [-0.4, -0.2) is 110 Å². The van der Waals surface area contributed by atoms with Crippen molar-refractivity contribution in [3.63, 3.8) is 0 Å². The zero-order valence-electron chi connectivity index (χ0n) is 22.1. The molecular weight excluding hydrogens is 516 g/mol. The smallest absolute Gasteiger partial charge is 0.336 e. The van der Waals surface area contributed by atoms with Gasteiger partial charge in [0.2, 0.25) is 0 Å². The van der Waals surface area contributed by atoms with Gasteiger partial charge in [-0.2, -0.15) is 0 Å². The van der Waals surface area contributed by atoms with E-state index in [9.17, 15) is 14.4 Å². The van der Waals surface area contributed by atoms with Gasteiger partial charge < -0.3 is 34.3 Å². The van der Waals surface area contributed by atoms with Crippen LogP contribution in [0.1, 0.15) is 36.3 Å². The lowest BCUT2D eigenvalue weighted by atomic mass is 9.96. The Kier molecular flexibility index (Phi) is 12.8. The molecule has 2 aromatic heterocycles. The maximum atomic E-state index is 10.3. The van der Waals surface area contributed by atoms with Crippen molar-refractivity contribution in [3.05, 3.63) is 41.6 Å². The van der Waals surface area contributed by atoms with Gasteiger partial charge in [0.1, 0.15) is 11.5 Å². The third kappa shape index (κ3) is 11.8. The number of aliphatic hydroxyl groups is 1. The number of carboxylic acids is 3. The van der Waals surface area contributed by atoms with E-state index in [1.165, 1.54) is 0 Å². The van der Waals surface area contributed by atoms with E-state index in [1.807, 2.05) is 25.4 Å². The Morgan fingerprint density at radius 2 is 1.67 bits per heavy atom. The van der Waals surface area contributed by atoms with Crippen molar-refractivity contribution < 1.29 is 48.7 Å². The van der Waals surface area contributed by atoms with Crippen LogP contribution in [-0.2, 0) is 32.2 Å². The van der Waals surface area contributed by atoms with Crippen LogP contribution in [0.3, 0.4) is 0 Å². The molecule has 0 aliphatic carbocycles. The van der Waals surface area contributed by atoms with E-state index in [0.29, 0.717) is 6.01 Å². The van der Waals surface area contributed by atoms with Crippen molar-refractivity contribution in [3.8, 4) is 6.01 Å². The number of aromatic nitrogens is 2. The fraction of sp³-hybridized carbons (Fsp3) is 0.560. The standard InChI is InChI=1S/C19H28N4O3.C6H8O7/c1-16-4-5-18(26-16)15-23(7-3-6-22-8-10-25-11-9-22)14-17-12-20-19(24-2)21-13-17;7-3(8)1-6(13,5(11)12)2-4(9)10/h4-5,12-13H,3,6-11,14-15H2,1-2H3;13H,1-2H2,(H,7,8)(H,9,10)(H,11,12). The van der Waals surface area contributed by atoms with Crippen molar-refractivity contribution in [2.75, 3.05) is 46.5 Å². The molecule has 0 spiro atoms. The summed E-state index contributed by atoms with van der Waals surface area (Å²) in [5, 5.41) is 33.8. The van der Waals surface area contributed by atoms with Crippen LogP contribution in [0.5, 0.6) is 6.01 Å². The zero-order chi connectivity index (χ0) is 28.8. The summed E-state index contributed by atoms with van der Waals surface area (Å²) in [7, 11) is 1.58. The van der Waals surface area contributed by atoms with Gasteiger partial charge in [-0.15, -0.1) is 0 Å². The Hall–Kier alpha value is -3.59. The van der Waals surface area contributed by atoms with Crippen molar-refractivity contribution in [1.29, 1.82) is 0 Å². The summed E-state index contributed by atoms with van der Waals surface area (Å²) in [5.74, 6) is -3.08. The number of ether oxygens (including phenoxy) is 2. The first kappa shape index (κ1) is 31.6. The second-order valence-electron chi connectivity index (χ2n) is 9.09. The van der Waals surface area contributed by atoms with Gasteiger partial charge in [-0.1, -0.05) is 0 Å².